The third-order valence-electron chi connectivity index (χ3n) is 2.44. The molecule has 0 aliphatic carbocycles. The van der Waals surface area contributed by atoms with Crippen LogP contribution in [0.4, 0.5) is 0 Å². The molecule has 17 heavy (non-hydrogen) atoms. The number of nitrogens with zero attached hydrogens (tertiary/aromatic N) is 1. The number of ether oxygens (including phenoxy) is 1. The summed E-state index contributed by atoms with van der Waals surface area (Å²) in [5.74, 6) is 0.783. The van der Waals surface area contributed by atoms with E-state index in [1.165, 1.54) is 0 Å². The summed E-state index contributed by atoms with van der Waals surface area (Å²) in [6.45, 7) is 2.47. The summed E-state index contributed by atoms with van der Waals surface area (Å²) in [4.78, 5) is 4.36. The van der Waals surface area contributed by atoms with Gasteiger partial charge in [0, 0.05) is 5.69 Å². The molecule has 0 aliphatic rings. The Kier molecular flexibility index (Phi) is 3.73. The second-order valence-electron chi connectivity index (χ2n) is 3.86. The first-order valence-electron chi connectivity index (χ1n) is 5.53. The quantitative estimate of drug-likeness (QED) is 0.875. The molecule has 0 amide bonds. The molecule has 0 aliphatic heterocycles. The number of rotatable bonds is 4. The van der Waals surface area contributed by atoms with E-state index in [2.05, 4.69) is 4.98 Å². The van der Waals surface area contributed by atoms with Crippen LogP contribution in [0, 0.1) is 6.92 Å². The molecule has 0 bridgehead atoms. The van der Waals surface area contributed by atoms with E-state index < -0.39 is 0 Å². The van der Waals surface area contributed by atoms with E-state index in [0.717, 1.165) is 22.7 Å². The van der Waals surface area contributed by atoms with Gasteiger partial charge in [0.2, 0.25) is 0 Å². The molecular formula is C14H15NO2. The monoisotopic (exact) mass is 229 g/mol. The Balaban J connectivity index is 1.97. The molecule has 1 aromatic heterocycles. The molecule has 0 spiro atoms. The van der Waals surface area contributed by atoms with Crippen molar-refractivity contribution in [2.24, 2.45) is 0 Å². The fourth-order valence-corrected chi connectivity index (χ4v) is 1.53. The maximum atomic E-state index is 8.92. The summed E-state index contributed by atoms with van der Waals surface area (Å²) in [5, 5.41) is 8.92. The lowest BCUT2D eigenvalue weighted by atomic mass is 10.2. The molecule has 0 unspecified atom stereocenters. The normalized spacial score (nSPS) is 10.2. The average Bonchev–Trinajstić information content (AvgIpc) is 2.37. The van der Waals surface area contributed by atoms with Crippen LogP contribution in [0.1, 0.15) is 17.0 Å². The summed E-state index contributed by atoms with van der Waals surface area (Å²) in [6, 6.07) is 13.3. The number of hydrogen-bond donors (Lipinski definition) is 1. The molecule has 3 heteroatoms. The van der Waals surface area contributed by atoms with Gasteiger partial charge in [0.15, 0.2) is 0 Å². The predicted octanol–water partition coefficient (Wildman–Crippen LogP) is 2.46. The Hall–Kier alpha value is -1.87. The van der Waals surface area contributed by atoms with Crippen LogP contribution in [0.3, 0.4) is 0 Å². The number of aliphatic hydroxyl groups excluding tert-OH is 1. The van der Waals surface area contributed by atoms with Gasteiger partial charge >= 0.3 is 0 Å². The topological polar surface area (TPSA) is 42.4 Å². The Morgan fingerprint density at radius 2 is 1.88 bits per heavy atom. The van der Waals surface area contributed by atoms with Gasteiger partial charge in [0.25, 0.3) is 0 Å². The third-order valence-corrected chi connectivity index (χ3v) is 2.44. The lowest BCUT2D eigenvalue weighted by molar-refractivity contribution is 0.280. The standard InChI is InChI=1S/C14H15NO2/c1-11-3-2-4-13(15-11)10-17-14-7-5-12(9-16)6-8-14/h2-8,16H,9-10H2,1H3. The number of aliphatic hydroxyl groups is 1. The van der Waals surface area contributed by atoms with Gasteiger partial charge in [0.1, 0.15) is 12.4 Å². The number of aromatic nitrogens is 1. The van der Waals surface area contributed by atoms with Crippen molar-refractivity contribution >= 4 is 0 Å². The van der Waals surface area contributed by atoms with Crippen molar-refractivity contribution < 1.29 is 9.84 Å². The van der Waals surface area contributed by atoms with E-state index in [1.807, 2.05) is 49.4 Å². The summed E-state index contributed by atoms with van der Waals surface area (Å²) in [7, 11) is 0. The zero-order chi connectivity index (χ0) is 12.1. The van der Waals surface area contributed by atoms with Gasteiger partial charge in [0.05, 0.1) is 12.3 Å². The third kappa shape index (κ3) is 3.29. The minimum Gasteiger partial charge on any atom is -0.487 e. The van der Waals surface area contributed by atoms with Crippen LogP contribution in [-0.2, 0) is 13.2 Å². The van der Waals surface area contributed by atoms with Crippen LogP contribution in [-0.4, -0.2) is 10.1 Å². The molecule has 2 aromatic rings. The maximum Gasteiger partial charge on any atom is 0.130 e. The molecular weight excluding hydrogens is 214 g/mol. The van der Waals surface area contributed by atoms with E-state index in [4.69, 9.17) is 9.84 Å². The molecule has 0 fully saturated rings. The summed E-state index contributed by atoms with van der Waals surface area (Å²) >= 11 is 0. The van der Waals surface area contributed by atoms with Gasteiger partial charge in [-0.3, -0.25) is 4.98 Å². The lowest BCUT2D eigenvalue weighted by Gasteiger charge is -2.06. The van der Waals surface area contributed by atoms with Crippen LogP contribution < -0.4 is 4.74 Å². The van der Waals surface area contributed by atoms with Crippen LogP contribution in [0.15, 0.2) is 42.5 Å². The first kappa shape index (κ1) is 11.6. The Labute approximate surface area is 101 Å². The Bertz CT molecular complexity index is 480. The molecule has 1 heterocycles. The van der Waals surface area contributed by atoms with Gasteiger partial charge < -0.3 is 9.84 Å². The van der Waals surface area contributed by atoms with E-state index in [-0.39, 0.29) is 6.61 Å². The predicted molar refractivity (Wildman–Crippen MR) is 65.7 cm³/mol. The molecule has 0 saturated carbocycles. The molecule has 2 rings (SSSR count). The van der Waals surface area contributed by atoms with Gasteiger partial charge in [-0.25, -0.2) is 0 Å². The summed E-state index contributed by atoms with van der Waals surface area (Å²) in [5.41, 5.74) is 2.78. The SMILES string of the molecule is Cc1cccc(COc2ccc(CO)cc2)n1. The van der Waals surface area contributed by atoms with Gasteiger partial charge in [-0.15, -0.1) is 0 Å². The van der Waals surface area contributed by atoms with E-state index in [9.17, 15) is 0 Å². The van der Waals surface area contributed by atoms with Gasteiger partial charge in [-0.05, 0) is 36.8 Å². The van der Waals surface area contributed by atoms with Crippen molar-refractivity contribution in [3.63, 3.8) is 0 Å². The molecule has 1 aromatic carbocycles. The summed E-state index contributed by atoms with van der Waals surface area (Å²) < 4.78 is 5.60. The molecule has 0 saturated heterocycles. The molecule has 0 atom stereocenters. The van der Waals surface area contributed by atoms with Crippen molar-refractivity contribution in [3.8, 4) is 5.75 Å². The maximum absolute atomic E-state index is 8.92. The smallest absolute Gasteiger partial charge is 0.130 e. The highest BCUT2D eigenvalue weighted by Crippen LogP contribution is 2.13. The minimum absolute atomic E-state index is 0.0553. The Morgan fingerprint density at radius 3 is 2.53 bits per heavy atom. The van der Waals surface area contributed by atoms with E-state index >= 15 is 0 Å². The molecule has 0 radical (unpaired) electrons. The first-order chi connectivity index (χ1) is 8.28. The zero-order valence-electron chi connectivity index (χ0n) is 9.76. The molecule has 3 nitrogen and oxygen atoms in total. The highest BCUT2D eigenvalue weighted by atomic mass is 16.5. The van der Waals surface area contributed by atoms with Gasteiger partial charge in [-0.2, -0.15) is 0 Å². The van der Waals surface area contributed by atoms with Crippen molar-refractivity contribution in [1.82, 2.24) is 4.98 Å². The average molecular weight is 229 g/mol. The number of pyridine rings is 1. The number of hydrogen-bond acceptors (Lipinski definition) is 3. The summed E-state index contributed by atoms with van der Waals surface area (Å²) in [6.07, 6.45) is 0. The minimum atomic E-state index is 0.0553. The molecule has 1 N–H and O–H groups in total. The lowest BCUT2D eigenvalue weighted by Crippen LogP contribution is -1.99. The number of benzene rings is 1. The highest BCUT2D eigenvalue weighted by molar-refractivity contribution is 5.27. The first-order valence-corrected chi connectivity index (χ1v) is 5.53. The second kappa shape index (κ2) is 5.46. The van der Waals surface area contributed by atoms with Crippen molar-refractivity contribution in [1.29, 1.82) is 0 Å². The van der Waals surface area contributed by atoms with Crippen molar-refractivity contribution in [2.45, 2.75) is 20.1 Å². The zero-order valence-corrected chi connectivity index (χ0v) is 9.76. The van der Waals surface area contributed by atoms with Crippen LogP contribution in [0.5, 0.6) is 5.75 Å². The van der Waals surface area contributed by atoms with Crippen LogP contribution in [0.25, 0.3) is 0 Å². The fourth-order valence-electron chi connectivity index (χ4n) is 1.53. The van der Waals surface area contributed by atoms with Crippen LogP contribution in [0.2, 0.25) is 0 Å². The van der Waals surface area contributed by atoms with E-state index in [0.29, 0.717) is 6.61 Å². The Morgan fingerprint density at radius 1 is 1.12 bits per heavy atom. The number of aryl methyl sites for hydroxylation is 1. The highest BCUT2D eigenvalue weighted by Gasteiger charge is 1.98. The van der Waals surface area contributed by atoms with Crippen LogP contribution >= 0.6 is 0 Å². The second-order valence-corrected chi connectivity index (χ2v) is 3.86. The molecule has 88 valence electrons. The van der Waals surface area contributed by atoms with E-state index in [1.54, 1.807) is 0 Å². The van der Waals surface area contributed by atoms with Gasteiger partial charge in [-0.1, -0.05) is 18.2 Å². The van der Waals surface area contributed by atoms with Crippen molar-refractivity contribution in [3.05, 3.63) is 59.4 Å². The largest absolute Gasteiger partial charge is 0.487 e. The fraction of sp³-hybridized carbons (Fsp3) is 0.214. The van der Waals surface area contributed by atoms with Crippen molar-refractivity contribution in [2.75, 3.05) is 0 Å².